The number of nitrogens with zero attached hydrogens (tertiary/aromatic N) is 4. The van der Waals surface area contributed by atoms with Crippen LogP contribution in [-0.2, 0) is 13.1 Å². The number of nitrogens with one attached hydrogen (secondary N) is 1. The molecule has 1 aromatic carbocycles. The van der Waals surface area contributed by atoms with Crippen LogP contribution < -0.4 is 0 Å². The van der Waals surface area contributed by atoms with Gasteiger partial charge in [-0.3, -0.25) is 4.90 Å². The van der Waals surface area contributed by atoms with Crippen LogP contribution in [0.15, 0.2) is 36.7 Å². The van der Waals surface area contributed by atoms with Gasteiger partial charge < -0.3 is 4.98 Å². The normalized spacial score (nSPS) is 17.1. The summed E-state index contributed by atoms with van der Waals surface area (Å²) in [5.74, 6) is 0.664. The Labute approximate surface area is 136 Å². The molecule has 1 saturated heterocycles. The number of aryl methyl sites for hydroxylation is 1. The number of likely N-dealkylation sites (tertiary alicyclic amines) is 1. The Balaban J connectivity index is 1.43. The highest BCUT2D eigenvalue weighted by atomic mass is 15.4. The smallest absolute Gasteiger partial charge is 0.0738 e. The van der Waals surface area contributed by atoms with Crippen molar-refractivity contribution in [2.75, 3.05) is 13.1 Å². The predicted octanol–water partition coefficient (Wildman–Crippen LogP) is 3.16. The topological polar surface area (TPSA) is 49.7 Å². The fraction of sp³-hybridized carbons (Fsp3) is 0.444. The van der Waals surface area contributed by atoms with Crippen molar-refractivity contribution in [3.05, 3.63) is 47.9 Å². The van der Waals surface area contributed by atoms with Gasteiger partial charge >= 0.3 is 0 Å². The van der Waals surface area contributed by atoms with Gasteiger partial charge in [-0.2, -0.15) is 0 Å². The molecule has 0 spiro atoms. The molecule has 4 rings (SSSR count). The van der Waals surface area contributed by atoms with Gasteiger partial charge in [0.05, 0.1) is 11.9 Å². The van der Waals surface area contributed by atoms with Gasteiger partial charge in [-0.1, -0.05) is 23.4 Å². The van der Waals surface area contributed by atoms with Crippen LogP contribution in [0.5, 0.6) is 0 Å². The fourth-order valence-corrected chi connectivity index (χ4v) is 3.73. The molecule has 0 saturated carbocycles. The minimum Gasteiger partial charge on any atom is -0.361 e. The van der Waals surface area contributed by atoms with Crippen LogP contribution in [0.25, 0.3) is 10.9 Å². The second-order valence-electron chi connectivity index (χ2n) is 6.38. The predicted molar refractivity (Wildman–Crippen MR) is 91.2 cm³/mol. The van der Waals surface area contributed by atoms with E-state index in [0.717, 1.165) is 26.2 Å². The summed E-state index contributed by atoms with van der Waals surface area (Å²) < 4.78 is 1.99. The van der Waals surface area contributed by atoms with Gasteiger partial charge in [-0.25, -0.2) is 4.68 Å². The summed E-state index contributed by atoms with van der Waals surface area (Å²) in [5.41, 5.74) is 3.96. The van der Waals surface area contributed by atoms with Gasteiger partial charge in [0.2, 0.25) is 0 Å². The Hall–Kier alpha value is -2.14. The standard InChI is InChI=1S/C18H23N5/c1-2-23-15(11-20-21-23)13-22-9-7-14(8-10-22)17-12-19-18-6-4-3-5-16(17)18/h3-6,11-12,14,19H,2,7-10,13H2,1H3. The van der Waals surface area contributed by atoms with Crippen molar-refractivity contribution in [1.82, 2.24) is 24.9 Å². The zero-order valence-electron chi connectivity index (χ0n) is 13.6. The van der Waals surface area contributed by atoms with Crippen LogP contribution >= 0.6 is 0 Å². The highest BCUT2D eigenvalue weighted by Gasteiger charge is 2.23. The lowest BCUT2D eigenvalue weighted by molar-refractivity contribution is 0.200. The molecule has 5 heteroatoms. The van der Waals surface area contributed by atoms with Gasteiger partial charge in [-0.05, 0) is 50.4 Å². The Morgan fingerprint density at radius 2 is 2.04 bits per heavy atom. The first-order valence-electron chi connectivity index (χ1n) is 8.51. The van der Waals surface area contributed by atoms with E-state index in [0.29, 0.717) is 5.92 Å². The summed E-state index contributed by atoms with van der Waals surface area (Å²) >= 11 is 0. The Morgan fingerprint density at radius 3 is 2.87 bits per heavy atom. The summed E-state index contributed by atoms with van der Waals surface area (Å²) in [6.07, 6.45) is 6.54. The number of para-hydroxylation sites is 1. The minimum atomic E-state index is 0.664. The molecule has 1 fully saturated rings. The average Bonchev–Trinajstić information content (AvgIpc) is 3.22. The lowest BCUT2D eigenvalue weighted by atomic mass is 9.89. The molecule has 1 aliphatic heterocycles. The molecular formula is C18H23N5. The third-order valence-corrected chi connectivity index (χ3v) is 5.03. The second kappa shape index (κ2) is 6.16. The summed E-state index contributed by atoms with van der Waals surface area (Å²) in [5, 5.41) is 9.54. The van der Waals surface area contributed by atoms with Gasteiger partial charge in [0.15, 0.2) is 0 Å². The van der Waals surface area contributed by atoms with E-state index in [-0.39, 0.29) is 0 Å². The zero-order chi connectivity index (χ0) is 15.6. The summed E-state index contributed by atoms with van der Waals surface area (Å²) in [4.78, 5) is 5.94. The first-order valence-corrected chi connectivity index (χ1v) is 8.51. The number of fused-ring (bicyclic) bond motifs is 1. The van der Waals surface area contributed by atoms with Crippen LogP contribution in [0.2, 0.25) is 0 Å². The van der Waals surface area contributed by atoms with E-state index in [1.54, 1.807) is 0 Å². The number of benzene rings is 1. The largest absolute Gasteiger partial charge is 0.361 e. The van der Waals surface area contributed by atoms with Crippen LogP contribution in [0, 0.1) is 0 Å². The quantitative estimate of drug-likeness (QED) is 0.805. The van der Waals surface area contributed by atoms with Crippen LogP contribution in [0.4, 0.5) is 0 Å². The number of H-pyrrole nitrogens is 1. The maximum Gasteiger partial charge on any atom is 0.0738 e. The monoisotopic (exact) mass is 309 g/mol. The first-order chi connectivity index (χ1) is 11.3. The van der Waals surface area contributed by atoms with Gasteiger partial charge in [0.1, 0.15) is 0 Å². The van der Waals surface area contributed by atoms with E-state index in [4.69, 9.17) is 0 Å². The number of piperidine rings is 1. The highest BCUT2D eigenvalue weighted by Crippen LogP contribution is 2.33. The van der Waals surface area contributed by atoms with E-state index in [1.165, 1.54) is 35.0 Å². The lowest BCUT2D eigenvalue weighted by Crippen LogP contribution is -2.33. The maximum atomic E-state index is 4.13. The third kappa shape index (κ3) is 2.77. The molecule has 23 heavy (non-hydrogen) atoms. The van der Waals surface area contributed by atoms with Crippen molar-refractivity contribution in [3.8, 4) is 0 Å². The molecule has 3 aromatic rings. The van der Waals surface area contributed by atoms with Crippen molar-refractivity contribution in [2.45, 2.75) is 38.8 Å². The number of aromatic nitrogens is 4. The van der Waals surface area contributed by atoms with Crippen LogP contribution in [-0.4, -0.2) is 38.0 Å². The van der Waals surface area contributed by atoms with Crippen molar-refractivity contribution in [2.24, 2.45) is 0 Å². The number of aromatic amines is 1. The number of hydrogen-bond donors (Lipinski definition) is 1. The van der Waals surface area contributed by atoms with Gasteiger partial charge in [0.25, 0.3) is 0 Å². The molecule has 0 atom stereocenters. The van der Waals surface area contributed by atoms with Crippen molar-refractivity contribution >= 4 is 10.9 Å². The van der Waals surface area contributed by atoms with Crippen molar-refractivity contribution < 1.29 is 0 Å². The summed E-state index contributed by atoms with van der Waals surface area (Å²) in [7, 11) is 0. The Bertz CT molecular complexity index is 779. The Morgan fingerprint density at radius 1 is 1.22 bits per heavy atom. The number of rotatable bonds is 4. The minimum absolute atomic E-state index is 0.664. The molecule has 120 valence electrons. The lowest BCUT2D eigenvalue weighted by Gasteiger charge is -2.31. The molecule has 1 N–H and O–H groups in total. The maximum absolute atomic E-state index is 4.13. The van der Waals surface area contributed by atoms with Crippen LogP contribution in [0.3, 0.4) is 0 Å². The summed E-state index contributed by atoms with van der Waals surface area (Å²) in [6, 6.07) is 8.62. The first kappa shape index (κ1) is 14.5. The van der Waals surface area contributed by atoms with E-state index in [9.17, 15) is 0 Å². The molecule has 1 aliphatic rings. The van der Waals surface area contributed by atoms with Crippen molar-refractivity contribution in [3.63, 3.8) is 0 Å². The molecule has 2 aromatic heterocycles. The van der Waals surface area contributed by atoms with Gasteiger partial charge in [0, 0.05) is 30.2 Å². The molecule has 3 heterocycles. The highest BCUT2D eigenvalue weighted by molar-refractivity contribution is 5.83. The van der Waals surface area contributed by atoms with Crippen LogP contribution in [0.1, 0.15) is 36.9 Å². The van der Waals surface area contributed by atoms with E-state index >= 15 is 0 Å². The zero-order valence-corrected chi connectivity index (χ0v) is 13.6. The molecular weight excluding hydrogens is 286 g/mol. The molecule has 0 bridgehead atoms. The molecule has 0 radical (unpaired) electrons. The average molecular weight is 309 g/mol. The van der Waals surface area contributed by atoms with Crippen molar-refractivity contribution in [1.29, 1.82) is 0 Å². The molecule has 0 aliphatic carbocycles. The molecule has 5 nitrogen and oxygen atoms in total. The van der Waals surface area contributed by atoms with E-state index in [1.807, 2.05) is 10.9 Å². The summed E-state index contributed by atoms with van der Waals surface area (Å²) in [6.45, 7) is 6.24. The van der Waals surface area contributed by atoms with E-state index < -0.39 is 0 Å². The van der Waals surface area contributed by atoms with E-state index in [2.05, 4.69) is 57.6 Å². The molecule has 0 unspecified atom stereocenters. The van der Waals surface area contributed by atoms with Gasteiger partial charge in [-0.15, -0.1) is 5.10 Å². The second-order valence-corrected chi connectivity index (χ2v) is 6.38. The number of hydrogen-bond acceptors (Lipinski definition) is 3. The molecule has 0 amide bonds. The third-order valence-electron chi connectivity index (χ3n) is 5.03. The SMILES string of the molecule is CCn1nncc1CN1CCC(c2c[nH]c3ccccc23)CC1. The fourth-order valence-electron chi connectivity index (χ4n) is 3.73. The Kier molecular flexibility index (Phi) is 3.87.